The Bertz CT molecular complexity index is 1070. The molecule has 0 amide bonds. The van der Waals surface area contributed by atoms with Gasteiger partial charge in [-0.2, -0.15) is 5.26 Å². The number of allylic oxidation sites excluding steroid dienone is 1. The SMILES string of the molecule is N#CC1=C(N)Oc2c(cc(Cl)c3ccccc23)[C@@H]1c1ccc(F)cc1. The van der Waals surface area contributed by atoms with Gasteiger partial charge in [0.1, 0.15) is 23.2 Å². The maximum atomic E-state index is 13.3. The quantitative estimate of drug-likeness (QED) is 0.682. The molecular formula is C20H12ClFN2O. The number of nitrogens with two attached hydrogens (primary N) is 1. The van der Waals surface area contributed by atoms with Crippen LogP contribution in [0.3, 0.4) is 0 Å². The van der Waals surface area contributed by atoms with Crippen molar-refractivity contribution in [3.05, 3.63) is 88.0 Å². The molecule has 1 heterocycles. The number of fused-ring (bicyclic) bond motifs is 3. The van der Waals surface area contributed by atoms with Gasteiger partial charge in [-0.25, -0.2) is 4.39 Å². The first-order chi connectivity index (χ1) is 12.1. The van der Waals surface area contributed by atoms with Crippen LogP contribution in [0.4, 0.5) is 4.39 Å². The zero-order chi connectivity index (χ0) is 17.6. The molecule has 2 N–H and O–H groups in total. The molecule has 0 aromatic heterocycles. The number of benzene rings is 3. The number of nitrogens with zero attached hydrogens (tertiary/aromatic N) is 1. The fraction of sp³-hybridized carbons (Fsp3) is 0.0500. The van der Waals surface area contributed by atoms with Crippen molar-refractivity contribution in [2.45, 2.75) is 5.92 Å². The number of rotatable bonds is 1. The van der Waals surface area contributed by atoms with Crippen molar-refractivity contribution in [2.24, 2.45) is 5.73 Å². The van der Waals surface area contributed by atoms with Crippen LogP contribution < -0.4 is 10.5 Å². The summed E-state index contributed by atoms with van der Waals surface area (Å²) in [5, 5.41) is 11.8. The molecule has 25 heavy (non-hydrogen) atoms. The van der Waals surface area contributed by atoms with Crippen LogP contribution >= 0.6 is 11.6 Å². The van der Waals surface area contributed by atoms with Crippen LogP contribution in [0.1, 0.15) is 17.0 Å². The van der Waals surface area contributed by atoms with Crippen LogP contribution in [0.15, 0.2) is 66.1 Å². The summed E-state index contributed by atoms with van der Waals surface area (Å²) in [6.45, 7) is 0. The number of ether oxygens (including phenoxy) is 1. The lowest BCUT2D eigenvalue weighted by molar-refractivity contribution is 0.398. The molecule has 3 aromatic carbocycles. The first kappa shape index (κ1) is 15.5. The lowest BCUT2D eigenvalue weighted by atomic mass is 9.82. The van der Waals surface area contributed by atoms with Gasteiger partial charge in [-0.1, -0.05) is 48.0 Å². The van der Waals surface area contributed by atoms with E-state index in [1.807, 2.05) is 24.3 Å². The van der Waals surface area contributed by atoms with Gasteiger partial charge >= 0.3 is 0 Å². The van der Waals surface area contributed by atoms with Crippen molar-refractivity contribution in [1.29, 1.82) is 5.26 Å². The zero-order valence-electron chi connectivity index (χ0n) is 13.0. The third kappa shape index (κ3) is 2.41. The van der Waals surface area contributed by atoms with E-state index in [1.54, 1.807) is 18.2 Å². The van der Waals surface area contributed by atoms with E-state index in [1.165, 1.54) is 12.1 Å². The maximum Gasteiger partial charge on any atom is 0.205 e. The summed E-state index contributed by atoms with van der Waals surface area (Å²) < 4.78 is 19.1. The summed E-state index contributed by atoms with van der Waals surface area (Å²) in [6.07, 6.45) is 0. The number of hydrogen-bond donors (Lipinski definition) is 1. The molecule has 3 aromatic rings. The van der Waals surface area contributed by atoms with Crippen molar-refractivity contribution in [3.63, 3.8) is 0 Å². The second-order valence-electron chi connectivity index (χ2n) is 5.80. The highest BCUT2D eigenvalue weighted by Crippen LogP contribution is 2.47. The van der Waals surface area contributed by atoms with E-state index in [0.717, 1.165) is 21.9 Å². The topological polar surface area (TPSA) is 59.0 Å². The van der Waals surface area contributed by atoms with Gasteiger partial charge in [-0.15, -0.1) is 0 Å². The molecule has 5 heteroatoms. The van der Waals surface area contributed by atoms with Gasteiger partial charge in [0.2, 0.25) is 5.88 Å². The first-order valence-corrected chi connectivity index (χ1v) is 8.02. The third-order valence-corrected chi connectivity index (χ3v) is 4.69. The van der Waals surface area contributed by atoms with Gasteiger partial charge in [0.05, 0.1) is 5.92 Å². The lowest BCUT2D eigenvalue weighted by Gasteiger charge is -2.28. The molecule has 1 aliphatic rings. The van der Waals surface area contributed by atoms with E-state index in [4.69, 9.17) is 22.1 Å². The molecule has 0 bridgehead atoms. The van der Waals surface area contributed by atoms with E-state index in [9.17, 15) is 9.65 Å². The zero-order valence-corrected chi connectivity index (χ0v) is 13.7. The molecule has 1 atom stereocenters. The summed E-state index contributed by atoms with van der Waals surface area (Å²) in [5.74, 6) is -0.179. The Morgan fingerprint density at radius 3 is 2.44 bits per heavy atom. The predicted molar refractivity (Wildman–Crippen MR) is 94.7 cm³/mol. The molecule has 4 rings (SSSR count). The van der Waals surface area contributed by atoms with Gasteiger partial charge in [0.15, 0.2) is 0 Å². The highest BCUT2D eigenvalue weighted by Gasteiger charge is 2.32. The molecule has 0 spiro atoms. The summed E-state index contributed by atoms with van der Waals surface area (Å²) in [6, 6.07) is 17.5. The van der Waals surface area contributed by atoms with Crippen molar-refractivity contribution in [1.82, 2.24) is 0 Å². The van der Waals surface area contributed by atoms with Crippen LogP contribution in [-0.4, -0.2) is 0 Å². The minimum Gasteiger partial charge on any atom is -0.440 e. The maximum absolute atomic E-state index is 13.3. The Labute approximate surface area is 148 Å². The Kier molecular flexibility index (Phi) is 3.60. The van der Waals surface area contributed by atoms with Crippen molar-refractivity contribution in [3.8, 4) is 11.8 Å². The Morgan fingerprint density at radius 2 is 1.76 bits per heavy atom. The summed E-state index contributed by atoms with van der Waals surface area (Å²) in [5.41, 5.74) is 7.79. The van der Waals surface area contributed by atoms with Gasteiger partial charge in [0, 0.05) is 21.4 Å². The Hall–Kier alpha value is -3.03. The van der Waals surface area contributed by atoms with Crippen LogP contribution in [0.5, 0.6) is 5.75 Å². The van der Waals surface area contributed by atoms with Crippen molar-refractivity contribution in [2.75, 3.05) is 0 Å². The van der Waals surface area contributed by atoms with E-state index in [-0.39, 0.29) is 17.3 Å². The highest BCUT2D eigenvalue weighted by atomic mass is 35.5. The first-order valence-electron chi connectivity index (χ1n) is 7.64. The van der Waals surface area contributed by atoms with Gasteiger partial charge < -0.3 is 10.5 Å². The Morgan fingerprint density at radius 1 is 1.08 bits per heavy atom. The second kappa shape index (κ2) is 5.80. The molecule has 0 radical (unpaired) electrons. The molecule has 0 saturated heterocycles. The highest BCUT2D eigenvalue weighted by molar-refractivity contribution is 6.36. The average Bonchev–Trinajstić information content (AvgIpc) is 2.63. The van der Waals surface area contributed by atoms with Crippen LogP contribution in [-0.2, 0) is 0 Å². The largest absolute Gasteiger partial charge is 0.440 e. The number of nitriles is 1. The van der Waals surface area contributed by atoms with Crippen LogP contribution in [0, 0.1) is 17.1 Å². The third-order valence-electron chi connectivity index (χ3n) is 4.37. The molecule has 0 saturated carbocycles. The smallest absolute Gasteiger partial charge is 0.205 e. The molecule has 0 fully saturated rings. The van der Waals surface area contributed by atoms with E-state index in [2.05, 4.69) is 6.07 Å². The standard InChI is InChI=1S/C20H12ClFN2O/c21-17-9-15-18(11-5-7-12(22)8-6-11)16(10-23)20(24)25-19(15)14-4-2-1-3-13(14)17/h1-9,18H,24H2/t18-/m0/s1. The Balaban J connectivity index is 2.04. The summed E-state index contributed by atoms with van der Waals surface area (Å²) >= 11 is 6.45. The van der Waals surface area contributed by atoms with Gasteiger partial charge in [-0.3, -0.25) is 0 Å². The molecule has 1 aliphatic heterocycles. The molecule has 0 aliphatic carbocycles. The monoisotopic (exact) mass is 350 g/mol. The lowest BCUT2D eigenvalue weighted by Crippen LogP contribution is -2.21. The average molecular weight is 351 g/mol. The summed E-state index contributed by atoms with van der Waals surface area (Å²) in [4.78, 5) is 0. The molecular weight excluding hydrogens is 339 g/mol. The fourth-order valence-corrected chi connectivity index (χ4v) is 3.52. The van der Waals surface area contributed by atoms with E-state index >= 15 is 0 Å². The molecule has 122 valence electrons. The second-order valence-corrected chi connectivity index (χ2v) is 6.21. The van der Waals surface area contributed by atoms with Crippen LogP contribution in [0.2, 0.25) is 5.02 Å². The molecule has 0 unspecified atom stereocenters. The predicted octanol–water partition coefficient (Wildman–Crippen LogP) is 4.85. The van der Waals surface area contributed by atoms with Gasteiger partial charge in [0.25, 0.3) is 0 Å². The van der Waals surface area contributed by atoms with Crippen molar-refractivity contribution >= 4 is 22.4 Å². The number of hydrogen-bond acceptors (Lipinski definition) is 3. The van der Waals surface area contributed by atoms with Crippen LogP contribution in [0.25, 0.3) is 10.8 Å². The fourth-order valence-electron chi connectivity index (χ4n) is 3.24. The summed E-state index contributed by atoms with van der Waals surface area (Å²) in [7, 11) is 0. The number of halogens is 2. The normalized spacial score (nSPS) is 16.3. The van der Waals surface area contributed by atoms with E-state index < -0.39 is 5.92 Å². The minimum atomic E-state index is -0.462. The minimum absolute atomic E-state index is 0.0526. The van der Waals surface area contributed by atoms with E-state index in [0.29, 0.717) is 10.8 Å². The molecule has 3 nitrogen and oxygen atoms in total. The van der Waals surface area contributed by atoms with Crippen molar-refractivity contribution < 1.29 is 9.13 Å². The van der Waals surface area contributed by atoms with Gasteiger partial charge in [-0.05, 0) is 23.8 Å².